The summed E-state index contributed by atoms with van der Waals surface area (Å²) in [4.78, 5) is 0.974. The molecular formula is C12H16S. The zero-order chi connectivity index (χ0) is 9.68. The first-order chi connectivity index (χ1) is 6.24. The van der Waals surface area contributed by atoms with Crippen LogP contribution in [0.2, 0.25) is 0 Å². The van der Waals surface area contributed by atoms with E-state index in [2.05, 4.69) is 31.2 Å². The molecule has 70 valence electrons. The van der Waals surface area contributed by atoms with Gasteiger partial charge in [0.15, 0.2) is 0 Å². The van der Waals surface area contributed by atoms with E-state index in [1.54, 1.807) is 0 Å². The van der Waals surface area contributed by atoms with Crippen molar-refractivity contribution in [1.82, 2.24) is 0 Å². The molecule has 13 heavy (non-hydrogen) atoms. The lowest BCUT2D eigenvalue weighted by Gasteiger charge is -2.01. The molecule has 0 radical (unpaired) electrons. The standard InChI is InChI=1S/C12H16S/c1-3-4-5-11-6-8-12(9-7-11)10(2)13/h6-9H,3-5H2,1-2H3. The zero-order valence-electron chi connectivity index (χ0n) is 8.34. The number of benzene rings is 1. The number of aryl methyl sites for hydroxylation is 1. The Hall–Kier alpha value is -0.690. The van der Waals surface area contributed by atoms with E-state index in [0.29, 0.717) is 0 Å². The minimum absolute atomic E-state index is 0.974. The maximum absolute atomic E-state index is 5.09. The predicted molar refractivity (Wildman–Crippen MR) is 62.4 cm³/mol. The first-order valence-electron chi connectivity index (χ1n) is 4.84. The quantitative estimate of drug-likeness (QED) is 0.517. The highest BCUT2D eigenvalue weighted by molar-refractivity contribution is 7.80. The highest BCUT2D eigenvalue weighted by Gasteiger charge is 1.95. The summed E-state index contributed by atoms with van der Waals surface area (Å²) in [6.45, 7) is 4.19. The Kier molecular flexibility index (Phi) is 4.10. The summed E-state index contributed by atoms with van der Waals surface area (Å²) < 4.78 is 0. The van der Waals surface area contributed by atoms with Crippen molar-refractivity contribution in [2.45, 2.75) is 33.1 Å². The van der Waals surface area contributed by atoms with Gasteiger partial charge in [0.25, 0.3) is 0 Å². The van der Waals surface area contributed by atoms with Crippen LogP contribution in [0.3, 0.4) is 0 Å². The molecule has 0 saturated carbocycles. The van der Waals surface area contributed by atoms with Crippen molar-refractivity contribution in [1.29, 1.82) is 0 Å². The normalized spacial score (nSPS) is 10.0. The second-order valence-corrected chi connectivity index (χ2v) is 3.97. The van der Waals surface area contributed by atoms with Gasteiger partial charge in [-0.25, -0.2) is 0 Å². The summed E-state index contributed by atoms with van der Waals surface area (Å²) in [6.07, 6.45) is 3.72. The van der Waals surface area contributed by atoms with Crippen LogP contribution in [-0.4, -0.2) is 4.86 Å². The van der Waals surface area contributed by atoms with Gasteiger partial charge in [-0.05, 0) is 30.9 Å². The molecule has 0 spiro atoms. The van der Waals surface area contributed by atoms with Crippen LogP contribution in [0.4, 0.5) is 0 Å². The minimum Gasteiger partial charge on any atom is -0.0846 e. The van der Waals surface area contributed by atoms with Gasteiger partial charge in [-0.2, -0.15) is 0 Å². The van der Waals surface area contributed by atoms with Crippen molar-refractivity contribution in [3.8, 4) is 0 Å². The number of hydrogen-bond acceptors (Lipinski definition) is 1. The fourth-order valence-corrected chi connectivity index (χ4v) is 1.42. The van der Waals surface area contributed by atoms with Gasteiger partial charge >= 0.3 is 0 Å². The highest BCUT2D eigenvalue weighted by atomic mass is 32.1. The average Bonchev–Trinajstić information content (AvgIpc) is 2.15. The fourth-order valence-electron chi connectivity index (χ4n) is 1.29. The van der Waals surface area contributed by atoms with Gasteiger partial charge in [-0.15, -0.1) is 0 Å². The molecule has 1 aromatic rings. The molecule has 0 bridgehead atoms. The summed E-state index contributed by atoms with van der Waals surface area (Å²) in [6, 6.07) is 8.60. The van der Waals surface area contributed by atoms with Crippen LogP contribution in [0.5, 0.6) is 0 Å². The van der Waals surface area contributed by atoms with E-state index in [1.165, 1.54) is 30.4 Å². The van der Waals surface area contributed by atoms with E-state index in [9.17, 15) is 0 Å². The summed E-state index contributed by atoms with van der Waals surface area (Å²) in [5, 5.41) is 0. The lowest BCUT2D eigenvalue weighted by Crippen LogP contribution is -1.91. The van der Waals surface area contributed by atoms with Crippen molar-refractivity contribution in [2.75, 3.05) is 0 Å². The van der Waals surface area contributed by atoms with Crippen molar-refractivity contribution in [3.05, 3.63) is 35.4 Å². The minimum atomic E-state index is 0.974. The van der Waals surface area contributed by atoms with Gasteiger partial charge in [-0.3, -0.25) is 0 Å². The van der Waals surface area contributed by atoms with Gasteiger partial charge in [0, 0.05) is 4.86 Å². The number of thiocarbonyl (C=S) groups is 1. The summed E-state index contributed by atoms with van der Waals surface area (Å²) in [7, 11) is 0. The first-order valence-corrected chi connectivity index (χ1v) is 5.24. The van der Waals surface area contributed by atoms with E-state index in [0.717, 1.165) is 4.86 Å². The molecule has 1 aromatic carbocycles. The topological polar surface area (TPSA) is 0 Å². The van der Waals surface area contributed by atoms with E-state index in [1.807, 2.05) is 6.92 Å². The monoisotopic (exact) mass is 192 g/mol. The molecular weight excluding hydrogens is 176 g/mol. The molecule has 0 unspecified atom stereocenters. The van der Waals surface area contributed by atoms with Crippen molar-refractivity contribution in [2.24, 2.45) is 0 Å². The molecule has 0 fully saturated rings. The van der Waals surface area contributed by atoms with E-state index < -0.39 is 0 Å². The Labute approximate surface area is 86.0 Å². The Morgan fingerprint density at radius 3 is 2.31 bits per heavy atom. The van der Waals surface area contributed by atoms with Crippen LogP contribution >= 0.6 is 12.2 Å². The third-order valence-electron chi connectivity index (χ3n) is 2.18. The summed E-state index contributed by atoms with van der Waals surface area (Å²) in [5.74, 6) is 0. The van der Waals surface area contributed by atoms with Gasteiger partial charge in [0.1, 0.15) is 0 Å². The molecule has 0 aliphatic carbocycles. The maximum Gasteiger partial charge on any atom is 0.0193 e. The number of rotatable bonds is 4. The summed E-state index contributed by atoms with van der Waals surface area (Å²) in [5.41, 5.74) is 2.59. The lowest BCUT2D eigenvalue weighted by atomic mass is 10.1. The third kappa shape index (κ3) is 3.27. The Morgan fingerprint density at radius 2 is 1.85 bits per heavy atom. The fraction of sp³-hybridized carbons (Fsp3) is 0.417. The van der Waals surface area contributed by atoms with Crippen molar-refractivity contribution >= 4 is 17.1 Å². The van der Waals surface area contributed by atoms with Gasteiger partial charge in [0.2, 0.25) is 0 Å². The lowest BCUT2D eigenvalue weighted by molar-refractivity contribution is 0.795. The first kappa shape index (κ1) is 10.4. The van der Waals surface area contributed by atoms with Gasteiger partial charge in [-0.1, -0.05) is 49.8 Å². The molecule has 0 heterocycles. The van der Waals surface area contributed by atoms with Crippen molar-refractivity contribution in [3.63, 3.8) is 0 Å². The van der Waals surface area contributed by atoms with Crippen LogP contribution in [0.1, 0.15) is 37.8 Å². The average molecular weight is 192 g/mol. The van der Waals surface area contributed by atoms with Crippen molar-refractivity contribution < 1.29 is 0 Å². The second-order valence-electron chi connectivity index (χ2n) is 3.36. The van der Waals surface area contributed by atoms with Crippen LogP contribution in [0.15, 0.2) is 24.3 Å². The Morgan fingerprint density at radius 1 is 1.23 bits per heavy atom. The van der Waals surface area contributed by atoms with Crippen LogP contribution in [-0.2, 0) is 6.42 Å². The van der Waals surface area contributed by atoms with Gasteiger partial charge < -0.3 is 0 Å². The van der Waals surface area contributed by atoms with Crippen LogP contribution < -0.4 is 0 Å². The molecule has 1 heteroatoms. The second kappa shape index (κ2) is 5.13. The largest absolute Gasteiger partial charge is 0.0846 e. The molecule has 0 nitrogen and oxygen atoms in total. The van der Waals surface area contributed by atoms with Gasteiger partial charge in [0.05, 0.1) is 0 Å². The van der Waals surface area contributed by atoms with Crippen LogP contribution in [0.25, 0.3) is 0 Å². The Bertz CT molecular complexity index is 272. The van der Waals surface area contributed by atoms with E-state index >= 15 is 0 Å². The molecule has 0 saturated heterocycles. The molecule has 0 aliphatic heterocycles. The summed E-state index contributed by atoms with van der Waals surface area (Å²) >= 11 is 5.09. The number of unbranched alkanes of at least 4 members (excludes halogenated alkanes) is 1. The molecule has 1 rings (SSSR count). The molecule has 0 atom stereocenters. The molecule has 0 amide bonds. The third-order valence-corrected chi connectivity index (χ3v) is 2.42. The van der Waals surface area contributed by atoms with E-state index in [-0.39, 0.29) is 0 Å². The SMILES string of the molecule is CCCCc1ccc(C(C)=S)cc1. The van der Waals surface area contributed by atoms with E-state index in [4.69, 9.17) is 12.2 Å². The Balaban J connectivity index is 2.64. The smallest absolute Gasteiger partial charge is 0.0193 e. The molecule has 0 aliphatic rings. The maximum atomic E-state index is 5.09. The molecule has 0 N–H and O–H groups in total. The zero-order valence-corrected chi connectivity index (χ0v) is 9.16. The van der Waals surface area contributed by atoms with Crippen LogP contribution in [0, 0.1) is 0 Å². The number of hydrogen-bond donors (Lipinski definition) is 0. The molecule has 0 aromatic heterocycles. The highest BCUT2D eigenvalue weighted by Crippen LogP contribution is 2.08. The predicted octanol–water partition coefficient (Wildman–Crippen LogP) is 3.77.